The Bertz CT molecular complexity index is 490. The van der Waals surface area contributed by atoms with Crippen molar-refractivity contribution in [2.45, 2.75) is 18.1 Å². The van der Waals surface area contributed by atoms with E-state index in [9.17, 15) is 9.59 Å². The zero-order chi connectivity index (χ0) is 13.7. The van der Waals surface area contributed by atoms with Gasteiger partial charge in [-0.2, -0.15) is 0 Å². The van der Waals surface area contributed by atoms with Crippen LogP contribution in [0.3, 0.4) is 0 Å². The van der Waals surface area contributed by atoms with Crippen LogP contribution in [-0.2, 0) is 9.59 Å². The van der Waals surface area contributed by atoms with E-state index in [0.717, 1.165) is 35.9 Å². The summed E-state index contributed by atoms with van der Waals surface area (Å²) in [5.41, 5.74) is 1.53. The zero-order valence-electron chi connectivity index (χ0n) is 10.3. The van der Waals surface area contributed by atoms with Crippen molar-refractivity contribution >= 4 is 35.4 Å². The van der Waals surface area contributed by atoms with Gasteiger partial charge in [0.15, 0.2) is 0 Å². The lowest BCUT2D eigenvalue weighted by Gasteiger charge is -2.09. The number of nitrogens with one attached hydrogen (secondary N) is 1. The van der Waals surface area contributed by atoms with Crippen molar-refractivity contribution in [3.8, 4) is 0 Å². The predicted molar refractivity (Wildman–Crippen MR) is 77.2 cm³/mol. The molecule has 1 aliphatic heterocycles. The number of aliphatic carboxylic acids is 1. The van der Waals surface area contributed by atoms with E-state index in [0.29, 0.717) is 0 Å². The van der Waals surface area contributed by atoms with Crippen molar-refractivity contribution in [2.75, 3.05) is 11.1 Å². The summed E-state index contributed by atoms with van der Waals surface area (Å²) in [4.78, 5) is 22.3. The van der Waals surface area contributed by atoms with Crippen LogP contribution in [0.5, 0.6) is 0 Å². The maximum Gasteiger partial charge on any atom is 0.328 e. The van der Waals surface area contributed by atoms with E-state index in [-0.39, 0.29) is 11.2 Å². The van der Waals surface area contributed by atoms with Crippen molar-refractivity contribution in [1.82, 2.24) is 0 Å². The third kappa shape index (κ3) is 4.13. The Morgan fingerprint density at radius 3 is 2.63 bits per heavy atom. The Hall–Kier alpha value is -1.75. The molecule has 0 saturated carbocycles. The SMILES string of the molecule is O=C(O)C=Cc1ccc(NC(=O)C2CCCS2)cc1. The van der Waals surface area contributed by atoms with E-state index in [4.69, 9.17) is 5.11 Å². The fraction of sp³-hybridized carbons (Fsp3) is 0.286. The second-order valence-corrected chi connectivity index (χ2v) is 5.60. The molecule has 100 valence electrons. The molecule has 2 N–H and O–H groups in total. The van der Waals surface area contributed by atoms with Crippen LogP contribution in [0, 0.1) is 0 Å². The van der Waals surface area contributed by atoms with Crippen LogP contribution in [0.25, 0.3) is 6.08 Å². The number of carboxylic acids is 1. The van der Waals surface area contributed by atoms with Gasteiger partial charge in [-0.3, -0.25) is 4.79 Å². The van der Waals surface area contributed by atoms with E-state index in [1.807, 2.05) is 0 Å². The Balaban J connectivity index is 1.94. The molecule has 1 aliphatic rings. The fourth-order valence-corrected chi connectivity index (χ4v) is 3.01. The molecule has 1 aromatic carbocycles. The van der Waals surface area contributed by atoms with Gasteiger partial charge < -0.3 is 10.4 Å². The summed E-state index contributed by atoms with van der Waals surface area (Å²) in [5.74, 6) is 0.128. The van der Waals surface area contributed by atoms with Crippen LogP contribution < -0.4 is 5.32 Å². The molecule has 1 saturated heterocycles. The molecule has 1 heterocycles. The molecule has 5 heteroatoms. The Labute approximate surface area is 115 Å². The first-order valence-corrected chi connectivity index (χ1v) is 7.13. The summed E-state index contributed by atoms with van der Waals surface area (Å²) in [5, 5.41) is 11.5. The Kier molecular flexibility index (Phi) is 4.63. The van der Waals surface area contributed by atoms with Gasteiger partial charge in [-0.05, 0) is 42.4 Å². The molecule has 19 heavy (non-hydrogen) atoms. The average molecular weight is 277 g/mol. The van der Waals surface area contributed by atoms with E-state index < -0.39 is 5.97 Å². The number of carbonyl (C=O) groups excluding carboxylic acids is 1. The van der Waals surface area contributed by atoms with Gasteiger partial charge >= 0.3 is 5.97 Å². The van der Waals surface area contributed by atoms with E-state index in [1.54, 1.807) is 36.0 Å². The number of benzene rings is 1. The van der Waals surface area contributed by atoms with Crippen LogP contribution >= 0.6 is 11.8 Å². The highest BCUT2D eigenvalue weighted by molar-refractivity contribution is 8.00. The van der Waals surface area contributed by atoms with Crippen LogP contribution in [0.2, 0.25) is 0 Å². The molecule has 4 nitrogen and oxygen atoms in total. The maximum atomic E-state index is 11.9. The summed E-state index contributed by atoms with van der Waals surface area (Å²) in [6.07, 6.45) is 4.64. The largest absolute Gasteiger partial charge is 0.478 e. The third-order valence-electron chi connectivity index (χ3n) is 2.82. The molecule has 0 radical (unpaired) electrons. The molecule has 0 aromatic heterocycles. The predicted octanol–water partition coefficient (Wildman–Crippen LogP) is 2.62. The highest BCUT2D eigenvalue weighted by Gasteiger charge is 2.23. The minimum Gasteiger partial charge on any atom is -0.478 e. The summed E-state index contributed by atoms with van der Waals surface area (Å²) in [6, 6.07) is 7.10. The van der Waals surface area contributed by atoms with Crippen LogP contribution in [0.4, 0.5) is 5.69 Å². The lowest BCUT2D eigenvalue weighted by atomic mass is 10.2. The maximum absolute atomic E-state index is 11.9. The van der Waals surface area contributed by atoms with Crippen molar-refractivity contribution < 1.29 is 14.7 Å². The first-order valence-electron chi connectivity index (χ1n) is 6.09. The van der Waals surface area contributed by atoms with Gasteiger partial charge in [-0.15, -0.1) is 11.8 Å². The van der Waals surface area contributed by atoms with Crippen molar-refractivity contribution in [2.24, 2.45) is 0 Å². The van der Waals surface area contributed by atoms with Gasteiger partial charge in [0.2, 0.25) is 5.91 Å². The summed E-state index contributed by atoms with van der Waals surface area (Å²) < 4.78 is 0. The molecule has 1 fully saturated rings. The number of thioether (sulfide) groups is 1. The first-order chi connectivity index (χ1) is 9.15. The number of amides is 1. The second-order valence-electron chi connectivity index (χ2n) is 4.28. The molecule has 0 spiro atoms. The van der Waals surface area contributed by atoms with Gasteiger partial charge in [0, 0.05) is 11.8 Å². The average Bonchev–Trinajstić information content (AvgIpc) is 2.92. The third-order valence-corrected chi connectivity index (χ3v) is 4.20. The number of rotatable bonds is 4. The van der Waals surface area contributed by atoms with Gasteiger partial charge in [0.1, 0.15) is 0 Å². The van der Waals surface area contributed by atoms with Crippen LogP contribution in [0.15, 0.2) is 30.3 Å². The molecular weight excluding hydrogens is 262 g/mol. The smallest absolute Gasteiger partial charge is 0.328 e. The number of carbonyl (C=O) groups is 2. The van der Waals surface area contributed by atoms with Gasteiger partial charge in [-0.1, -0.05) is 12.1 Å². The Morgan fingerprint density at radius 1 is 1.32 bits per heavy atom. The molecule has 2 rings (SSSR count). The number of hydrogen-bond donors (Lipinski definition) is 2. The number of carboxylic acid groups (broad SMARTS) is 1. The molecule has 1 unspecified atom stereocenters. The van der Waals surface area contributed by atoms with E-state index in [1.165, 1.54) is 6.08 Å². The second kappa shape index (κ2) is 6.43. The Morgan fingerprint density at radius 2 is 2.05 bits per heavy atom. The molecular formula is C14H15NO3S. The molecule has 1 aromatic rings. The monoisotopic (exact) mass is 277 g/mol. The summed E-state index contributed by atoms with van der Waals surface area (Å²) in [6.45, 7) is 0. The van der Waals surface area contributed by atoms with Gasteiger partial charge in [0.05, 0.1) is 5.25 Å². The van der Waals surface area contributed by atoms with Crippen LogP contribution in [-0.4, -0.2) is 28.0 Å². The van der Waals surface area contributed by atoms with Gasteiger partial charge in [0.25, 0.3) is 0 Å². The first kappa shape index (κ1) is 13.7. The van der Waals surface area contributed by atoms with Crippen LogP contribution in [0.1, 0.15) is 18.4 Å². The standard InChI is InChI=1S/C14H15NO3S/c16-13(17)8-5-10-3-6-11(7-4-10)15-14(18)12-2-1-9-19-12/h3-8,12H,1-2,9H2,(H,15,18)(H,16,17). The molecule has 1 atom stereocenters. The lowest BCUT2D eigenvalue weighted by Crippen LogP contribution is -2.22. The topological polar surface area (TPSA) is 66.4 Å². The zero-order valence-corrected chi connectivity index (χ0v) is 11.2. The minimum absolute atomic E-state index is 0.0522. The van der Waals surface area contributed by atoms with Crippen molar-refractivity contribution in [3.05, 3.63) is 35.9 Å². The van der Waals surface area contributed by atoms with E-state index in [2.05, 4.69) is 5.32 Å². The van der Waals surface area contributed by atoms with Crippen molar-refractivity contribution in [1.29, 1.82) is 0 Å². The summed E-state index contributed by atoms with van der Waals surface area (Å²) in [7, 11) is 0. The van der Waals surface area contributed by atoms with E-state index >= 15 is 0 Å². The summed E-state index contributed by atoms with van der Waals surface area (Å²) >= 11 is 1.70. The highest BCUT2D eigenvalue weighted by atomic mass is 32.2. The highest BCUT2D eigenvalue weighted by Crippen LogP contribution is 2.27. The lowest BCUT2D eigenvalue weighted by molar-refractivity contribution is -0.131. The molecule has 1 amide bonds. The fourth-order valence-electron chi connectivity index (χ4n) is 1.85. The van der Waals surface area contributed by atoms with Crippen molar-refractivity contribution in [3.63, 3.8) is 0 Å². The number of hydrogen-bond acceptors (Lipinski definition) is 3. The van der Waals surface area contributed by atoms with Gasteiger partial charge in [-0.25, -0.2) is 4.79 Å². The molecule has 0 aliphatic carbocycles. The quantitative estimate of drug-likeness (QED) is 0.830. The molecule has 0 bridgehead atoms. The minimum atomic E-state index is -0.976. The normalized spacial score (nSPS) is 18.6. The number of anilines is 1.